The number of aliphatic hydroxyl groups excluding tert-OH is 2. The molecule has 210 valence electrons. The summed E-state index contributed by atoms with van der Waals surface area (Å²) in [6.07, 6.45) is -3.48. The summed E-state index contributed by atoms with van der Waals surface area (Å²) in [5.41, 5.74) is 2.42. The number of ketones is 1. The molecule has 0 aliphatic heterocycles. The fraction of sp³-hybridized carbons (Fsp3) is 0.206. The van der Waals surface area contributed by atoms with E-state index >= 15 is 0 Å². The van der Waals surface area contributed by atoms with E-state index in [1.54, 1.807) is 30.3 Å². The Labute approximate surface area is 240 Å². The van der Waals surface area contributed by atoms with E-state index in [4.69, 9.17) is 10.1 Å². The van der Waals surface area contributed by atoms with E-state index in [-0.39, 0.29) is 25.2 Å². The number of aliphatic hydroxyl groups is 2. The molecular formula is C34H34N2O5. The zero-order chi connectivity index (χ0) is 29.0. The molecule has 4 aromatic rings. The molecule has 1 amide bonds. The Morgan fingerprint density at radius 3 is 1.66 bits per heavy atom. The van der Waals surface area contributed by atoms with Gasteiger partial charge in [-0.05, 0) is 29.5 Å². The Kier molecular flexibility index (Phi) is 10.5. The Morgan fingerprint density at radius 2 is 1.12 bits per heavy atom. The number of rotatable bonds is 13. The van der Waals surface area contributed by atoms with E-state index in [1.165, 1.54) is 0 Å². The van der Waals surface area contributed by atoms with Gasteiger partial charge in [-0.15, -0.1) is 0 Å². The van der Waals surface area contributed by atoms with E-state index in [9.17, 15) is 19.8 Å². The van der Waals surface area contributed by atoms with Crippen LogP contribution in [-0.4, -0.2) is 46.1 Å². The van der Waals surface area contributed by atoms with Gasteiger partial charge in [0.05, 0.1) is 17.9 Å². The van der Waals surface area contributed by atoms with E-state index in [0.29, 0.717) is 5.56 Å². The first-order valence-corrected chi connectivity index (χ1v) is 13.5. The molecule has 0 saturated carbocycles. The smallest absolute Gasteiger partial charge is 0.407 e. The number of benzene rings is 4. The van der Waals surface area contributed by atoms with Crippen molar-refractivity contribution in [2.45, 2.75) is 37.7 Å². The number of nitrogens with one attached hydrogen (secondary N) is 2. The molecule has 4 atom stereocenters. The minimum absolute atomic E-state index is 0.0379. The predicted octanol–water partition coefficient (Wildman–Crippen LogP) is 5.01. The van der Waals surface area contributed by atoms with Crippen LogP contribution in [0.5, 0.6) is 0 Å². The van der Waals surface area contributed by atoms with Crippen molar-refractivity contribution in [2.75, 3.05) is 0 Å². The first-order chi connectivity index (χ1) is 19.9. The molecule has 4 rings (SSSR count). The zero-order valence-electron chi connectivity index (χ0n) is 22.6. The number of hydrogen-bond acceptors (Lipinski definition) is 6. The monoisotopic (exact) mass is 550 g/mol. The highest BCUT2D eigenvalue weighted by Gasteiger charge is 2.37. The summed E-state index contributed by atoms with van der Waals surface area (Å²) in [5, 5.41) is 34.5. The third kappa shape index (κ3) is 8.45. The number of alkyl carbamates (subject to hydrolysis) is 1. The number of ether oxygens (including phenoxy) is 1. The van der Waals surface area contributed by atoms with Crippen LogP contribution in [0.3, 0.4) is 0 Å². The predicted molar refractivity (Wildman–Crippen MR) is 158 cm³/mol. The summed E-state index contributed by atoms with van der Waals surface area (Å²) < 4.78 is 5.39. The van der Waals surface area contributed by atoms with Gasteiger partial charge in [-0.1, -0.05) is 121 Å². The van der Waals surface area contributed by atoms with Crippen molar-refractivity contribution in [1.29, 1.82) is 5.41 Å². The van der Waals surface area contributed by atoms with Crippen molar-refractivity contribution in [3.63, 3.8) is 0 Å². The maximum Gasteiger partial charge on any atom is 0.407 e. The largest absolute Gasteiger partial charge is 0.445 e. The van der Waals surface area contributed by atoms with Crippen molar-refractivity contribution in [3.05, 3.63) is 144 Å². The van der Waals surface area contributed by atoms with Crippen LogP contribution in [0.25, 0.3) is 0 Å². The lowest BCUT2D eigenvalue weighted by atomic mass is 9.81. The second-order valence-corrected chi connectivity index (χ2v) is 9.89. The van der Waals surface area contributed by atoms with Gasteiger partial charge >= 0.3 is 6.09 Å². The van der Waals surface area contributed by atoms with Gasteiger partial charge in [0.15, 0.2) is 0 Å². The van der Waals surface area contributed by atoms with Gasteiger partial charge in [0.1, 0.15) is 12.7 Å². The van der Waals surface area contributed by atoms with Crippen LogP contribution in [0.15, 0.2) is 121 Å². The van der Waals surface area contributed by atoms with Crippen LogP contribution in [0.4, 0.5) is 4.79 Å². The lowest BCUT2D eigenvalue weighted by Crippen LogP contribution is -2.53. The minimum atomic E-state index is -1.54. The molecule has 0 aliphatic rings. The van der Waals surface area contributed by atoms with Crippen molar-refractivity contribution in [3.8, 4) is 0 Å². The molecule has 0 radical (unpaired) electrons. The number of hydrogen-bond donors (Lipinski definition) is 4. The van der Waals surface area contributed by atoms with Gasteiger partial charge in [0, 0.05) is 11.5 Å². The van der Waals surface area contributed by atoms with Crippen LogP contribution in [0.2, 0.25) is 0 Å². The van der Waals surface area contributed by atoms with Crippen LogP contribution in [0.1, 0.15) is 27.0 Å². The van der Waals surface area contributed by atoms with E-state index in [2.05, 4.69) is 5.32 Å². The van der Waals surface area contributed by atoms with Gasteiger partial charge in [-0.2, -0.15) is 0 Å². The lowest BCUT2D eigenvalue weighted by Gasteiger charge is -2.32. The molecule has 0 spiro atoms. The SMILES string of the molecule is N=C(C(=O)c1ccccc1)[C@@H](Cc1ccccc1)[C@@H](O)[C@H](O)[C@H](Cc1ccccc1)NC(=O)OCc1ccccc1. The molecule has 4 aromatic carbocycles. The Bertz CT molecular complexity index is 1400. The summed E-state index contributed by atoms with van der Waals surface area (Å²) in [6.45, 7) is 0.0379. The molecule has 7 nitrogen and oxygen atoms in total. The molecule has 4 N–H and O–H groups in total. The fourth-order valence-electron chi connectivity index (χ4n) is 4.69. The second-order valence-electron chi connectivity index (χ2n) is 9.89. The summed E-state index contributed by atoms with van der Waals surface area (Å²) in [6, 6.07) is 35.1. The third-order valence-corrected chi connectivity index (χ3v) is 6.94. The lowest BCUT2D eigenvalue weighted by molar-refractivity contribution is -0.0217. The van der Waals surface area contributed by atoms with Crippen molar-refractivity contribution in [2.24, 2.45) is 5.92 Å². The average Bonchev–Trinajstić information content (AvgIpc) is 3.03. The fourth-order valence-corrected chi connectivity index (χ4v) is 4.69. The molecule has 7 heteroatoms. The maximum absolute atomic E-state index is 13.3. The summed E-state index contributed by atoms with van der Waals surface area (Å²) in [5.74, 6) is -1.58. The van der Waals surface area contributed by atoms with Crippen molar-refractivity contribution in [1.82, 2.24) is 5.32 Å². The summed E-state index contributed by atoms with van der Waals surface area (Å²) >= 11 is 0. The molecular weight excluding hydrogens is 516 g/mol. The average molecular weight is 551 g/mol. The zero-order valence-corrected chi connectivity index (χ0v) is 22.6. The highest BCUT2D eigenvalue weighted by molar-refractivity contribution is 6.45. The molecule has 0 heterocycles. The molecule has 0 unspecified atom stereocenters. The maximum atomic E-state index is 13.3. The topological polar surface area (TPSA) is 120 Å². The van der Waals surface area contributed by atoms with Crippen molar-refractivity contribution >= 4 is 17.6 Å². The summed E-state index contributed by atoms with van der Waals surface area (Å²) in [4.78, 5) is 26.1. The van der Waals surface area contributed by atoms with E-state index in [0.717, 1.165) is 16.7 Å². The van der Waals surface area contributed by atoms with Gasteiger partial charge in [0.25, 0.3) is 0 Å². The minimum Gasteiger partial charge on any atom is -0.445 e. The standard InChI is InChI=1S/C34H34N2O5/c35-30(31(37)27-19-11-4-12-20-27)28(21-24-13-5-1-6-14-24)32(38)33(39)29(22-25-15-7-2-8-16-25)36-34(40)41-23-26-17-9-3-10-18-26/h1-20,28-29,32-33,35,38-39H,21-23H2,(H,36,40)/t28-,29+,32-,33-/m1/s1. The number of carbonyl (C=O) groups excluding carboxylic acids is 2. The third-order valence-electron chi connectivity index (χ3n) is 6.94. The molecule has 0 aromatic heterocycles. The molecule has 0 fully saturated rings. The van der Waals surface area contributed by atoms with Crippen molar-refractivity contribution < 1.29 is 24.5 Å². The first-order valence-electron chi connectivity index (χ1n) is 13.5. The first kappa shape index (κ1) is 29.4. The van der Waals surface area contributed by atoms with E-state index < -0.39 is 36.0 Å². The Balaban J connectivity index is 1.57. The quantitative estimate of drug-likeness (QED) is 0.138. The van der Waals surface area contributed by atoms with Gasteiger partial charge in [-0.3, -0.25) is 4.79 Å². The summed E-state index contributed by atoms with van der Waals surface area (Å²) in [7, 11) is 0. The van der Waals surface area contributed by atoms with Crippen LogP contribution >= 0.6 is 0 Å². The number of carbonyl (C=O) groups is 2. The molecule has 0 aliphatic carbocycles. The van der Waals surface area contributed by atoms with Gasteiger partial charge < -0.3 is 25.7 Å². The van der Waals surface area contributed by atoms with Gasteiger partial charge in [0.2, 0.25) is 5.78 Å². The highest BCUT2D eigenvalue weighted by Crippen LogP contribution is 2.22. The van der Waals surface area contributed by atoms with Crippen LogP contribution < -0.4 is 5.32 Å². The second kappa shape index (κ2) is 14.7. The molecule has 0 saturated heterocycles. The number of amides is 1. The Morgan fingerprint density at radius 1 is 0.659 bits per heavy atom. The molecule has 41 heavy (non-hydrogen) atoms. The molecule has 0 bridgehead atoms. The van der Waals surface area contributed by atoms with E-state index in [1.807, 2.05) is 91.0 Å². The van der Waals surface area contributed by atoms with Crippen LogP contribution in [0, 0.1) is 11.3 Å². The van der Waals surface area contributed by atoms with Gasteiger partial charge in [-0.25, -0.2) is 4.79 Å². The number of Topliss-reactive ketones (excluding diaryl/α,β-unsaturated/α-hetero) is 1. The Hall–Kier alpha value is -4.59. The normalized spacial score (nSPS) is 13.8. The highest BCUT2D eigenvalue weighted by atomic mass is 16.5. The van der Waals surface area contributed by atoms with Crippen LogP contribution in [-0.2, 0) is 24.2 Å².